The third kappa shape index (κ3) is 33.8. The number of hydrogen-bond acceptors (Lipinski definition) is 34. The minimum absolute atomic E-state index is 0.133. The molecule has 0 aromatic rings. The minimum Gasteiger partial charge on any atom is -0.477 e. The van der Waals surface area contributed by atoms with Crippen molar-refractivity contribution in [3.63, 3.8) is 0 Å². The summed E-state index contributed by atoms with van der Waals surface area (Å²) in [5.41, 5.74) is 0. The number of unbranched alkanes of at least 4 members (excludes halogenated alkanes) is 28. The zero-order valence-electron chi connectivity index (χ0n) is 72.4. The molecule has 6 rings (SSSR count). The first-order chi connectivity index (χ1) is 58.9. The number of amides is 3. The molecular formula is C85H151N3O35. The highest BCUT2D eigenvalue weighted by molar-refractivity contribution is 5.77. The molecular weight excluding hydrogens is 1620 g/mol. The summed E-state index contributed by atoms with van der Waals surface area (Å²) in [5.74, 6) is -7.56. The molecule has 716 valence electrons. The van der Waals surface area contributed by atoms with E-state index in [1.54, 1.807) is 6.08 Å². The molecule has 123 heavy (non-hydrogen) atoms. The molecule has 12 unspecified atom stereocenters. The second-order valence-corrected chi connectivity index (χ2v) is 33.9. The van der Waals surface area contributed by atoms with Crippen molar-refractivity contribution in [3.8, 4) is 0 Å². The van der Waals surface area contributed by atoms with E-state index in [1.165, 1.54) is 129 Å². The van der Waals surface area contributed by atoms with Crippen LogP contribution in [0, 0.1) is 0 Å². The van der Waals surface area contributed by atoms with E-state index in [1.807, 2.05) is 6.08 Å². The van der Waals surface area contributed by atoms with Crippen molar-refractivity contribution in [1.29, 1.82) is 0 Å². The van der Waals surface area contributed by atoms with Crippen LogP contribution < -0.4 is 16.0 Å². The lowest BCUT2D eigenvalue weighted by molar-refractivity contribution is -0.396. The third-order valence-electron chi connectivity index (χ3n) is 23.8. The quantitative estimate of drug-likeness (QED) is 0.0280. The number of rotatable bonds is 59. The molecule has 38 heteroatoms. The lowest BCUT2D eigenvalue weighted by atomic mass is 9.88. The molecule has 0 aromatic heterocycles. The minimum atomic E-state index is -3.22. The van der Waals surface area contributed by atoms with Crippen LogP contribution in [0.15, 0.2) is 24.3 Å². The largest absolute Gasteiger partial charge is 0.477 e. The first-order valence-corrected chi connectivity index (χ1v) is 45.1. The van der Waals surface area contributed by atoms with Gasteiger partial charge in [-0.15, -0.1) is 0 Å². The summed E-state index contributed by atoms with van der Waals surface area (Å²) in [5, 5.41) is 221. The van der Waals surface area contributed by atoms with Gasteiger partial charge in [0.05, 0.1) is 70.0 Å². The van der Waals surface area contributed by atoms with Crippen molar-refractivity contribution in [2.45, 2.75) is 448 Å². The Morgan fingerprint density at radius 1 is 0.447 bits per heavy atom. The van der Waals surface area contributed by atoms with Crippen molar-refractivity contribution in [1.82, 2.24) is 16.0 Å². The molecule has 6 saturated heterocycles. The molecule has 0 radical (unpaired) electrons. The molecule has 33 atom stereocenters. The fraction of sp³-hybridized carbons (Fsp3) is 0.906. The van der Waals surface area contributed by atoms with Gasteiger partial charge in [0, 0.05) is 26.7 Å². The van der Waals surface area contributed by atoms with Gasteiger partial charge in [-0.25, -0.2) is 4.79 Å². The molecule has 6 aliphatic heterocycles. The lowest BCUT2D eigenvalue weighted by Crippen LogP contribution is -2.72. The van der Waals surface area contributed by atoms with Crippen LogP contribution in [0.3, 0.4) is 0 Å². The Balaban J connectivity index is 1.21. The molecule has 0 aromatic carbocycles. The van der Waals surface area contributed by atoms with Gasteiger partial charge in [0.1, 0.15) is 134 Å². The van der Waals surface area contributed by atoms with E-state index in [2.05, 4.69) is 41.9 Å². The number of allylic oxidation sites excluding steroid dienone is 3. The molecule has 38 nitrogen and oxygen atoms in total. The number of nitrogens with one attached hydrogen (secondary N) is 3. The van der Waals surface area contributed by atoms with E-state index in [9.17, 15) is 116 Å². The van der Waals surface area contributed by atoms with Crippen LogP contribution in [0.5, 0.6) is 0 Å². The number of carboxylic acids is 1. The van der Waals surface area contributed by atoms with Crippen LogP contribution in [0.25, 0.3) is 0 Å². The average molecular weight is 1780 g/mol. The summed E-state index contributed by atoms with van der Waals surface area (Å²) in [4.78, 5) is 53.5. The van der Waals surface area contributed by atoms with Crippen LogP contribution in [0.2, 0.25) is 0 Å². The van der Waals surface area contributed by atoms with Crippen molar-refractivity contribution < 1.29 is 173 Å². The van der Waals surface area contributed by atoms with E-state index in [4.69, 9.17) is 56.8 Å². The van der Waals surface area contributed by atoms with Crippen molar-refractivity contribution >= 4 is 23.7 Å². The maximum Gasteiger partial charge on any atom is 0.364 e. The summed E-state index contributed by atoms with van der Waals surface area (Å²) < 4.78 is 73.0. The summed E-state index contributed by atoms with van der Waals surface area (Å²) in [6.07, 6.45) is -17.7. The highest BCUT2D eigenvalue weighted by Crippen LogP contribution is 2.41. The number of carbonyl (C=O) groups excluding carboxylic acids is 3. The molecule has 6 fully saturated rings. The number of ether oxygens (including phenoxy) is 12. The smallest absolute Gasteiger partial charge is 0.364 e. The van der Waals surface area contributed by atoms with Gasteiger partial charge in [0.15, 0.2) is 31.5 Å². The highest BCUT2D eigenvalue weighted by Gasteiger charge is 2.61. The van der Waals surface area contributed by atoms with E-state index >= 15 is 0 Å². The fourth-order valence-corrected chi connectivity index (χ4v) is 16.4. The first kappa shape index (κ1) is 108. The van der Waals surface area contributed by atoms with Gasteiger partial charge in [-0.2, -0.15) is 0 Å². The molecule has 3 amide bonds. The van der Waals surface area contributed by atoms with Gasteiger partial charge in [0.25, 0.3) is 5.79 Å². The van der Waals surface area contributed by atoms with Crippen LogP contribution in [-0.2, 0) is 76.0 Å². The van der Waals surface area contributed by atoms with Gasteiger partial charge < -0.3 is 170 Å². The highest BCUT2D eigenvalue weighted by atomic mass is 16.8. The number of aliphatic hydroxyl groups excluding tert-OH is 18. The zero-order valence-corrected chi connectivity index (χ0v) is 72.4. The average Bonchev–Trinajstić information content (AvgIpc) is 0.764. The van der Waals surface area contributed by atoms with E-state index in [0.717, 1.165) is 78.1 Å². The number of hydrogen-bond donors (Lipinski definition) is 22. The van der Waals surface area contributed by atoms with Crippen LogP contribution >= 0.6 is 0 Å². The van der Waals surface area contributed by atoms with Crippen LogP contribution in [0.1, 0.15) is 247 Å². The molecule has 0 bridgehead atoms. The van der Waals surface area contributed by atoms with E-state index < -0.39 is 266 Å². The molecule has 22 N–H and O–H groups in total. The predicted octanol–water partition coefficient (Wildman–Crippen LogP) is -0.0740. The topological polar surface area (TPSA) is 600 Å². The Bertz CT molecular complexity index is 2970. The molecule has 0 saturated carbocycles. The third-order valence-corrected chi connectivity index (χ3v) is 23.8. The normalized spacial score (nSPS) is 35.5. The Morgan fingerprint density at radius 2 is 0.878 bits per heavy atom. The molecule has 0 spiro atoms. The summed E-state index contributed by atoms with van der Waals surface area (Å²) >= 11 is 0. The fourth-order valence-electron chi connectivity index (χ4n) is 16.4. The van der Waals surface area contributed by atoms with Crippen molar-refractivity contribution in [2.75, 3.05) is 39.6 Å². The SMILES string of the molecule is CCCCCCCC/C=C\CCCCCCCCCCCCCC(=O)N[C@@H](CO[C@@H]1OC(CO)[C@@H](O[C@@H]2OC(CO)[C@H](O)[C@H](O[C@@H]3OC(CO[C@]4(C(=O)O)CC(O)[C@@H](NC(C)=O)C([C@H](O)[C@H](O)CO)O4)[C@@H](O[C@H]4OC(C)[C@@H](O)C(O)[C@@H]4O)[C@H](O[C@@H]4OC(CO)[C@H](O)[C@H](O)C4O)C3NC(C)=O)C2O)[C@H](O)C1O)[C@H](O)/C=C/CCCCCCCCCCCCC. The summed E-state index contributed by atoms with van der Waals surface area (Å²) in [7, 11) is 0. The summed E-state index contributed by atoms with van der Waals surface area (Å²) in [6.45, 7) is 1.37. The van der Waals surface area contributed by atoms with Gasteiger partial charge >= 0.3 is 5.97 Å². The monoisotopic (exact) mass is 1770 g/mol. The number of carbonyl (C=O) groups is 4. The lowest BCUT2D eigenvalue weighted by Gasteiger charge is -2.52. The second-order valence-electron chi connectivity index (χ2n) is 33.9. The molecule has 6 aliphatic rings. The number of aliphatic carboxylic acids is 1. The first-order valence-electron chi connectivity index (χ1n) is 45.1. The number of aliphatic hydroxyl groups is 18. The maximum atomic E-state index is 13.7. The number of carboxylic acid groups (broad SMARTS) is 1. The van der Waals surface area contributed by atoms with E-state index in [0.29, 0.717) is 12.8 Å². The van der Waals surface area contributed by atoms with Gasteiger partial charge in [-0.3, -0.25) is 14.4 Å². The Morgan fingerprint density at radius 3 is 1.39 bits per heavy atom. The van der Waals surface area contributed by atoms with Crippen LogP contribution in [-0.4, -0.2) is 362 Å². The standard InChI is InChI=1S/C85H151N3O35/c1-6-8-10-12-14-16-18-20-21-22-23-24-25-26-27-29-31-33-35-37-39-41-60(98)88-52(53(95)40-38-36-34-32-30-28-19-17-15-13-11-9-7-2)47-112-80-72(108)69(105)74(58(46-92)117-80)119-83-73(109)78(66(102)57(45-91)116-83)122-79-62(87-51(5)94)77(121-82-71(107)68(104)65(101)56(44-90)115-82)75(120-81-70(106)67(103)63(99)49(3)114-81)59(118-79)48-113-85(84(110)111)42-54(96)61(86-50(4)93)76(123-85)64(100)55(97)43-89/h20-21,38,40,49,52-59,61-83,89-92,95-97,99-109H,6-19,22-37,39,41-48H2,1-5H3,(H,86,93)(H,87,94)(H,88,98)(H,110,111)/b21-20-,40-38+/t49?,52-,53+,54?,55+,56?,57?,58?,59?,61+,62?,63+,64+,65-,66-,67?,68-,69+,70-,71?,72?,73?,74+,75+,76?,77+,78-,79-,80+,81+,82-,83-,85+/m0/s1. The van der Waals surface area contributed by atoms with Crippen molar-refractivity contribution in [3.05, 3.63) is 24.3 Å². The summed E-state index contributed by atoms with van der Waals surface area (Å²) in [6, 6.07) is -4.95. The predicted molar refractivity (Wildman–Crippen MR) is 437 cm³/mol. The van der Waals surface area contributed by atoms with Crippen LogP contribution in [0.4, 0.5) is 0 Å². The second kappa shape index (κ2) is 57.4. The Labute approximate surface area is 722 Å². The van der Waals surface area contributed by atoms with Gasteiger partial charge in [0.2, 0.25) is 17.7 Å². The Hall–Kier alpha value is -3.84. The van der Waals surface area contributed by atoms with Crippen molar-refractivity contribution in [2.24, 2.45) is 0 Å². The van der Waals surface area contributed by atoms with Gasteiger partial charge in [-0.05, 0) is 51.9 Å². The Kier molecular flexibility index (Phi) is 50.3. The molecule has 0 aliphatic carbocycles. The zero-order chi connectivity index (χ0) is 90.3. The maximum absolute atomic E-state index is 13.7. The van der Waals surface area contributed by atoms with Gasteiger partial charge in [-0.1, -0.05) is 192 Å². The van der Waals surface area contributed by atoms with E-state index in [-0.39, 0.29) is 12.3 Å². The molecule has 6 heterocycles.